The Morgan fingerprint density at radius 3 is 2.13 bits per heavy atom. The van der Waals surface area contributed by atoms with Crippen LogP contribution < -0.4 is 0 Å². The van der Waals surface area contributed by atoms with Crippen LogP contribution >= 0.6 is 0 Å². The second-order valence-electron chi connectivity index (χ2n) is 6.27. The van der Waals surface area contributed by atoms with E-state index in [0.29, 0.717) is 45.9 Å². The fourth-order valence-electron chi connectivity index (χ4n) is 2.96. The standard InChI is InChI=1S/C14H23N3O5S/c1-2-22-14(19)16-7-5-15(6-8-16)13(18)11-9-17(10-11)23(20,21)12-3-4-12/h11-12H,2-10H2,1H3. The Hall–Kier alpha value is -1.35. The molecule has 130 valence electrons. The van der Waals surface area contributed by atoms with Gasteiger partial charge in [-0.15, -0.1) is 0 Å². The van der Waals surface area contributed by atoms with E-state index in [9.17, 15) is 18.0 Å². The first kappa shape index (κ1) is 16.5. The number of rotatable bonds is 4. The van der Waals surface area contributed by atoms with E-state index >= 15 is 0 Å². The zero-order chi connectivity index (χ0) is 16.6. The zero-order valence-corrected chi connectivity index (χ0v) is 14.1. The van der Waals surface area contributed by atoms with Gasteiger partial charge in [-0.2, -0.15) is 4.31 Å². The highest BCUT2D eigenvalue weighted by Gasteiger charge is 2.47. The van der Waals surface area contributed by atoms with Gasteiger partial charge in [0.05, 0.1) is 17.8 Å². The Bertz CT molecular complexity index is 575. The topological polar surface area (TPSA) is 87.2 Å². The monoisotopic (exact) mass is 345 g/mol. The van der Waals surface area contributed by atoms with Crippen molar-refractivity contribution in [1.29, 1.82) is 0 Å². The van der Waals surface area contributed by atoms with E-state index in [-0.39, 0.29) is 23.2 Å². The van der Waals surface area contributed by atoms with Crippen molar-refractivity contribution in [3.05, 3.63) is 0 Å². The van der Waals surface area contributed by atoms with Crippen LogP contribution in [-0.4, -0.2) is 85.6 Å². The molecule has 0 radical (unpaired) electrons. The fraction of sp³-hybridized carbons (Fsp3) is 0.857. The van der Waals surface area contributed by atoms with Gasteiger partial charge in [0.1, 0.15) is 0 Å². The number of sulfonamides is 1. The van der Waals surface area contributed by atoms with Gasteiger partial charge in [0.15, 0.2) is 0 Å². The largest absolute Gasteiger partial charge is 0.450 e. The van der Waals surface area contributed by atoms with Gasteiger partial charge in [0.25, 0.3) is 0 Å². The van der Waals surface area contributed by atoms with Crippen LogP contribution in [-0.2, 0) is 19.6 Å². The molecule has 0 unspecified atom stereocenters. The van der Waals surface area contributed by atoms with Crippen LogP contribution in [0.5, 0.6) is 0 Å². The molecule has 9 heteroatoms. The van der Waals surface area contributed by atoms with Crippen molar-refractivity contribution in [1.82, 2.24) is 14.1 Å². The molecule has 0 aromatic rings. The summed E-state index contributed by atoms with van der Waals surface area (Å²) in [4.78, 5) is 27.4. The van der Waals surface area contributed by atoms with Gasteiger partial charge >= 0.3 is 6.09 Å². The lowest BCUT2D eigenvalue weighted by atomic mass is 10.0. The van der Waals surface area contributed by atoms with Crippen molar-refractivity contribution < 1.29 is 22.7 Å². The molecule has 1 saturated carbocycles. The van der Waals surface area contributed by atoms with E-state index < -0.39 is 10.0 Å². The summed E-state index contributed by atoms with van der Waals surface area (Å²) in [5.41, 5.74) is 0. The molecular weight excluding hydrogens is 322 g/mol. The molecule has 3 rings (SSSR count). The molecule has 0 aromatic carbocycles. The Morgan fingerprint density at radius 2 is 1.61 bits per heavy atom. The lowest BCUT2D eigenvalue weighted by Gasteiger charge is -2.41. The molecule has 2 aliphatic heterocycles. The van der Waals surface area contributed by atoms with Crippen LogP contribution in [0.3, 0.4) is 0 Å². The average molecular weight is 345 g/mol. The summed E-state index contributed by atoms with van der Waals surface area (Å²) >= 11 is 0. The minimum absolute atomic E-state index is 0.00393. The van der Waals surface area contributed by atoms with Gasteiger partial charge in [0.2, 0.25) is 15.9 Å². The minimum Gasteiger partial charge on any atom is -0.450 e. The van der Waals surface area contributed by atoms with Gasteiger partial charge in [0, 0.05) is 39.3 Å². The maximum absolute atomic E-state index is 12.4. The number of carbonyl (C=O) groups excluding carboxylic acids is 2. The third-order valence-electron chi connectivity index (χ3n) is 4.62. The number of ether oxygens (including phenoxy) is 1. The average Bonchev–Trinajstić information content (AvgIpc) is 3.30. The molecule has 23 heavy (non-hydrogen) atoms. The van der Waals surface area contributed by atoms with Crippen molar-refractivity contribution >= 4 is 22.0 Å². The predicted molar refractivity (Wildman–Crippen MR) is 82.2 cm³/mol. The molecule has 2 amide bonds. The number of amides is 2. The van der Waals surface area contributed by atoms with Gasteiger partial charge < -0.3 is 14.5 Å². The molecule has 0 N–H and O–H groups in total. The Morgan fingerprint density at radius 1 is 1.04 bits per heavy atom. The summed E-state index contributed by atoms with van der Waals surface area (Å²) in [6.07, 6.45) is 1.14. The van der Waals surface area contributed by atoms with Crippen LogP contribution in [0.2, 0.25) is 0 Å². The SMILES string of the molecule is CCOC(=O)N1CCN(C(=O)C2CN(S(=O)(=O)C3CC3)C2)CC1. The second kappa shape index (κ2) is 6.27. The number of hydrogen-bond acceptors (Lipinski definition) is 5. The molecule has 0 spiro atoms. The van der Waals surface area contributed by atoms with E-state index in [1.807, 2.05) is 0 Å². The maximum atomic E-state index is 12.4. The van der Waals surface area contributed by atoms with Gasteiger partial charge in [-0.25, -0.2) is 13.2 Å². The van der Waals surface area contributed by atoms with Crippen molar-refractivity contribution in [3.8, 4) is 0 Å². The maximum Gasteiger partial charge on any atom is 0.409 e. The van der Waals surface area contributed by atoms with Crippen LogP contribution in [0.4, 0.5) is 4.79 Å². The van der Waals surface area contributed by atoms with E-state index in [0.717, 1.165) is 12.8 Å². The third-order valence-corrected chi connectivity index (χ3v) is 6.95. The Labute approximate surface area is 136 Å². The molecular formula is C14H23N3O5S. The van der Waals surface area contributed by atoms with Crippen molar-refractivity contribution in [2.45, 2.75) is 25.0 Å². The van der Waals surface area contributed by atoms with Crippen LogP contribution in [0.25, 0.3) is 0 Å². The fourth-order valence-corrected chi connectivity index (χ4v) is 4.89. The number of nitrogens with zero attached hydrogens (tertiary/aromatic N) is 3. The quantitative estimate of drug-likeness (QED) is 0.699. The molecule has 0 atom stereocenters. The first-order chi connectivity index (χ1) is 10.9. The van der Waals surface area contributed by atoms with Crippen LogP contribution in [0.15, 0.2) is 0 Å². The van der Waals surface area contributed by atoms with E-state index in [2.05, 4.69) is 0 Å². The molecule has 0 bridgehead atoms. The first-order valence-corrected chi connectivity index (χ1v) is 9.63. The van der Waals surface area contributed by atoms with Gasteiger partial charge in [-0.1, -0.05) is 0 Å². The molecule has 8 nitrogen and oxygen atoms in total. The summed E-state index contributed by atoms with van der Waals surface area (Å²) in [5, 5.41) is -0.216. The molecule has 0 aromatic heterocycles. The lowest BCUT2D eigenvalue weighted by molar-refractivity contribution is -0.140. The third kappa shape index (κ3) is 3.30. The smallest absolute Gasteiger partial charge is 0.409 e. The Balaban J connectivity index is 1.45. The van der Waals surface area contributed by atoms with Gasteiger partial charge in [-0.3, -0.25) is 4.79 Å². The van der Waals surface area contributed by atoms with E-state index in [4.69, 9.17) is 4.74 Å². The predicted octanol–water partition coefficient (Wildman–Crippen LogP) is -0.289. The second-order valence-corrected chi connectivity index (χ2v) is 8.48. The molecule has 1 aliphatic carbocycles. The number of carbonyl (C=O) groups is 2. The Kier molecular flexibility index (Phi) is 4.50. The van der Waals surface area contributed by atoms with Crippen molar-refractivity contribution in [2.75, 3.05) is 45.9 Å². The summed E-state index contributed by atoms with van der Waals surface area (Å²) < 4.78 is 30.5. The normalized spacial score (nSPS) is 23.5. The highest BCUT2D eigenvalue weighted by Crippen LogP contribution is 2.34. The van der Waals surface area contributed by atoms with Crippen LogP contribution in [0.1, 0.15) is 19.8 Å². The molecule has 2 saturated heterocycles. The first-order valence-electron chi connectivity index (χ1n) is 8.13. The highest BCUT2D eigenvalue weighted by atomic mass is 32.2. The van der Waals surface area contributed by atoms with Gasteiger partial charge in [-0.05, 0) is 19.8 Å². The van der Waals surface area contributed by atoms with E-state index in [1.54, 1.807) is 16.7 Å². The van der Waals surface area contributed by atoms with Crippen molar-refractivity contribution in [3.63, 3.8) is 0 Å². The summed E-state index contributed by atoms with van der Waals surface area (Å²) in [6, 6.07) is 0. The lowest BCUT2D eigenvalue weighted by Crippen LogP contribution is -2.59. The summed E-state index contributed by atoms with van der Waals surface area (Å²) in [6.45, 7) is 4.57. The minimum atomic E-state index is -3.16. The summed E-state index contributed by atoms with van der Waals surface area (Å²) in [7, 11) is -3.16. The molecule has 2 heterocycles. The zero-order valence-electron chi connectivity index (χ0n) is 13.3. The summed E-state index contributed by atoms with van der Waals surface area (Å²) in [5.74, 6) is -0.242. The van der Waals surface area contributed by atoms with E-state index in [1.165, 1.54) is 4.31 Å². The highest BCUT2D eigenvalue weighted by molar-refractivity contribution is 7.90. The van der Waals surface area contributed by atoms with Crippen molar-refractivity contribution in [2.24, 2.45) is 5.92 Å². The van der Waals surface area contributed by atoms with Crippen LogP contribution in [0, 0.1) is 5.92 Å². The number of piperazine rings is 1. The molecule has 3 fully saturated rings. The molecule has 3 aliphatic rings. The number of hydrogen-bond donors (Lipinski definition) is 0.